The maximum Gasteiger partial charge on any atom is 0.224 e. The fraction of sp³-hybridized carbons (Fsp3) is 0.316. The van der Waals surface area contributed by atoms with E-state index in [-0.39, 0.29) is 11.9 Å². The van der Waals surface area contributed by atoms with E-state index in [4.69, 9.17) is 4.42 Å². The summed E-state index contributed by atoms with van der Waals surface area (Å²) in [6.07, 6.45) is 5.12. The van der Waals surface area contributed by atoms with E-state index in [0.29, 0.717) is 6.42 Å². The molecule has 118 valence electrons. The maximum absolute atomic E-state index is 12.6. The highest BCUT2D eigenvalue weighted by molar-refractivity contribution is 5.90. The molecule has 0 saturated heterocycles. The molecule has 2 N–H and O–H groups in total. The smallest absolute Gasteiger partial charge is 0.224 e. The van der Waals surface area contributed by atoms with E-state index in [2.05, 4.69) is 16.4 Å². The Hall–Kier alpha value is -2.49. The highest BCUT2D eigenvalue weighted by Crippen LogP contribution is 2.30. The molecular formula is C19H20N2O2. The molecule has 0 fully saturated rings. The van der Waals surface area contributed by atoms with Gasteiger partial charge in [0, 0.05) is 28.6 Å². The number of rotatable bonds is 3. The van der Waals surface area contributed by atoms with Crippen molar-refractivity contribution in [1.82, 2.24) is 10.3 Å². The lowest BCUT2D eigenvalue weighted by molar-refractivity contribution is -0.121. The second kappa shape index (κ2) is 5.61. The molecular weight excluding hydrogens is 288 g/mol. The lowest BCUT2D eigenvalue weighted by Crippen LogP contribution is -2.31. The molecule has 4 nitrogen and oxygen atoms in total. The van der Waals surface area contributed by atoms with E-state index in [1.54, 1.807) is 6.26 Å². The molecule has 4 rings (SSSR count). The molecule has 0 bridgehead atoms. The molecule has 1 aromatic carbocycles. The van der Waals surface area contributed by atoms with Gasteiger partial charge in [0.2, 0.25) is 5.91 Å². The van der Waals surface area contributed by atoms with Gasteiger partial charge in [-0.1, -0.05) is 18.2 Å². The third-order valence-electron chi connectivity index (χ3n) is 4.75. The molecule has 2 heterocycles. The molecule has 23 heavy (non-hydrogen) atoms. The van der Waals surface area contributed by atoms with Gasteiger partial charge in [0.05, 0.1) is 18.7 Å². The van der Waals surface area contributed by atoms with E-state index in [9.17, 15) is 4.79 Å². The van der Waals surface area contributed by atoms with Crippen LogP contribution in [0, 0.1) is 6.92 Å². The fourth-order valence-electron chi connectivity index (χ4n) is 3.60. The van der Waals surface area contributed by atoms with Gasteiger partial charge in [-0.05, 0) is 37.5 Å². The molecule has 4 heteroatoms. The van der Waals surface area contributed by atoms with Gasteiger partial charge < -0.3 is 14.7 Å². The van der Waals surface area contributed by atoms with Gasteiger partial charge in [-0.2, -0.15) is 0 Å². The summed E-state index contributed by atoms with van der Waals surface area (Å²) in [4.78, 5) is 15.9. The topological polar surface area (TPSA) is 58.0 Å². The Morgan fingerprint density at radius 1 is 1.35 bits per heavy atom. The van der Waals surface area contributed by atoms with Crippen molar-refractivity contribution in [2.24, 2.45) is 0 Å². The Morgan fingerprint density at radius 2 is 2.22 bits per heavy atom. The summed E-state index contributed by atoms with van der Waals surface area (Å²) >= 11 is 0. The summed E-state index contributed by atoms with van der Waals surface area (Å²) in [7, 11) is 0. The zero-order chi connectivity index (χ0) is 15.8. The quantitative estimate of drug-likeness (QED) is 0.773. The van der Waals surface area contributed by atoms with E-state index in [1.807, 2.05) is 31.2 Å². The molecule has 2 aromatic heterocycles. The molecule has 1 aliphatic rings. The van der Waals surface area contributed by atoms with Crippen molar-refractivity contribution < 1.29 is 9.21 Å². The first kappa shape index (κ1) is 14.1. The fourth-order valence-corrected chi connectivity index (χ4v) is 3.60. The third-order valence-corrected chi connectivity index (χ3v) is 4.75. The number of nitrogens with one attached hydrogen (secondary N) is 2. The van der Waals surface area contributed by atoms with Gasteiger partial charge in [0.25, 0.3) is 0 Å². The normalized spacial score (nSPS) is 17.2. The number of para-hydroxylation sites is 1. The van der Waals surface area contributed by atoms with Gasteiger partial charge in [-0.15, -0.1) is 0 Å². The number of hydrogen-bond acceptors (Lipinski definition) is 2. The summed E-state index contributed by atoms with van der Waals surface area (Å²) in [6.45, 7) is 2.03. The van der Waals surface area contributed by atoms with Crippen LogP contribution in [0.1, 0.15) is 41.5 Å². The van der Waals surface area contributed by atoms with Crippen molar-refractivity contribution in [3.05, 3.63) is 59.2 Å². The van der Waals surface area contributed by atoms with Gasteiger partial charge in [0.1, 0.15) is 5.76 Å². The van der Waals surface area contributed by atoms with Crippen LogP contribution in [-0.2, 0) is 17.6 Å². The molecule has 1 unspecified atom stereocenters. The molecule has 0 spiro atoms. The number of aryl methyl sites for hydroxylation is 2. The van der Waals surface area contributed by atoms with Gasteiger partial charge in [0.15, 0.2) is 0 Å². The molecule has 3 aromatic rings. The van der Waals surface area contributed by atoms with Gasteiger partial charge in [-0.3, -0.25) is 4.79 Å². The van der Waals surface area contributed by atoms with Crippen molar-refractivity contribution >= 4 is 16.8 Å². The minimum atomic E-state index is 0.0666. The number of H-pyrrole nitrogens is 1. The molecule has 1 amide bonds. The number of hydrogen-bond donors (Lipinski definition) is 2. The van der Waals surface area contributed by atoms with Crippen molar-refractivity contribution in [3.63, 3.8) is 0 Å². The number of fused-ring (bicyclic) bond motifs is 2. The number of aromatic amines is 1. The van der Waals surface area contributed by atoms with Crippen LogP contribution in [0.5, 0.6) is 0 Å². The Morgan fingerprint density at radius 3 is 3.13 bits per heavy atom. The number of carbonyl (C=O) groups is 1. The predicted molar refractivity (Wildman–Crippen MR) is 89.3 cm³/mol. The number of amides is 1. The monoisotopic (exact) mass is 308 g/mol. The van der Waals surface area contributed by atoms with E-state index in [0.717, 1.165) is 52.7 Å². The van der Waals surface area contributed by atoms with Crippen LogP contribution in [0.3, 0.4) is 0 Å². The minimum Gasteiger partial charge on any atom is -0.469 e. The van der Waals surface area contributed by atoms with E-state index in [1.165, 1.54) is 0 Å². The van der Waals surface area contributed by atoms with Crippen molar-refractivity contribution in [1.29, 1.82) is 0 Å². The van der Waals surface area contributed by atoms with E-state index >= 15 is 0 Å². The number of carbonyl (C=O) groups excluding carboxylic acids is 1. The molecule has 1 atom stereocenters. The van der Waals surface area contributed by atoms with Gasteiger partial charge in [-0.25, -0.2) is 0 Å². The van der Waals surface area contributed by atoms with Crippen LogP contribution in [0.2, 0.25) is 0 Å². The van der Waals surface area contributed by atoms with Crippen LogP contribution >= 0.6 is 0 Å². The third kappa shape index (κ3) is 2.54. The SMILES string of the molecule is Cc1[nH]c2ccccc2c1CC(=O)NC1CCCc2occc21. The Kier molecular flexibility index (Phi) is 3.45. The highest BCUT2D eigenvalue weighted by Gasteiger charge is 2.24. The highest BCUT2D eigenvalue weighted by atomic mass is 16.3. The number of furan rings is 1. The van der Waals surface area contributed by atoms with Crippen molar-refractivity contribution in [2.45, 2.75) is 38.6 Å². The van der Waals surface area contributed by atoms with Crippen molar-refractivity contribution in [2.75, 3.05) is 0 Å². The summed E-state index contributed by atoms with van der Waals surface area (Å²) in [5.41, 5.74) is 4.37. The number of aromatic nitrogens is 1. The second-order valence-corrected chi connectivity index (χ2v) is 6.26. The first-order chi connectivity index (χ1) is 11.2. The van der Waals surface area contributed by atoms with Crippen LogP contribution < -0.4 is 5.32 Å². The van der Waals surface area contributed by atoms with Crippen LogP contribution in [0.4, 0.5) is 0 Å². The van der Waals surface area contributed by atoms with Crippen molar-refractivity contribution in [3.8, 4) is 0 Å². The van der Waals surface area contributed by atoms with Crippen LogP contribution in [0.15, 0.2) is 41.0 Å². The average Bonchev–Trinajstić information content (AvgIpc) is 3.13. The Balaban J connectivity index is 1.54. The lowest BCUT2D eigenvalue weighted by atomic mass is 9.93. The molecule has 0 aliphatic heterocycles. The first-order valence-electron chi connectivity index (χ1n) is 8.14. The zero-order valence-corrected chi connectivity index (χ0v) is 13.2. The standard InChI is InChI=1S/C19H20N2O2/c1-12-15(13-5-2-3-6-16(13)20-12)11-19(22)21-17-7-4-8-18-14(17)9-10-23-18/h2-3,5-6,9-10,17,20H,4,7-8,11H2,1H3,(H,21,22). The zero-order valence-electron chi connectivity index (χ0n) is 13.2. The predicted octanol–water partition coefficient (Wildman–Crippen LogP) is 3.81. The van der Waals surface area contributed by atoms with Crippen LogP contribution in [-0.4, -0.2) is 10.9 Å². The summed E-state index contributed by atoms with van der Waals surface area (Å²) in [5, 5.41) is 4.31. The number of benzene rings is 1. The lowest BCUT2D eigenvalue weighted by Gasteiger charge is -2.22. The molecule has 0 saturated carbocycles. The minimum absolute atomic E-state index is 0.0666. The Bertz CT molecular complexity index is 859. The average molecular weight is 308 g/mol. The van der Waals surface area contributed by atoms with E-state index < -0.39 is 0 Å². The summed E-state index contributed by atoms with van der Waals surface area (Å²) in [5.74, 6) is 1.08. The molecule has 1 aliphatic carbocycles. The molecule has 0 radical (unpaired) electrons. The maximum atomic E-state index is 12.6. The summed E-state index contributed by atoms with van der Waals surface area (Å²) < 4.78 is 5.49. The first-order valence-corrected chi connectivity index (χ1v) is 8.14. The second-order valence-electron chi connectivity index (χ2n) is 6.26. The van der Waals surface area contributed by atoms with Crippen LogP contribution in [0.25, 0.3) is 10.9 Å². The summed E-state index contributed by atoms with van der Waals surface area (Å²) in [6, 6.07) is 10.2. The van der Waals surface area contributed by atoms with Gasteiger partial charge >= 0.3 is 0 Å². The Labute approximate surface area is 134 Å². The largest absolute Gasteiger partial charge is 0.469 e.